The first-order valence-electron chi connectivity index (χ1n) is 5.78. The van der Waals surface area contributed by atoms with Gasteiger partial charge in [0.2, 0.25) is 0 Å². The van der Waals surface area contributed by atoms with Gasteiger partial charge in [0.1, 0.15) is 5.60 Å². The zero-order valence-corrected chi connectivity index (χ0v) is 9.95. The Kier molecular flexibility index (Phi) is 4.73. The van der Waals surface area contributed by atoms with Crippen LogP contribution in [0.15, 0.2) is 5.10 Å². The molecule has 0 saturated heterocycles. The number of rotatable bonds is 3. The molecule has 5 nitrogen and oxygen atoms in total. The second-order valence-electron chi connectivity index (χ2n) is 4.12. The lowest BCUT2D eigenvalue weighted by Gasteiger charge is -2.31. The standard InChI is InChI=1S/C11H20N2O3/c1-3-16-10(14)13-12-9(2)11(15)7-5-4-6-8-11/h15H,3-8H2,1-2H3,(H,13,14)/b12-9-. The highest BCUT2D eigenvalue weighted by molar-refractivity contribution is 5.90. The molecular weight excluding hydrogens is 208 g/mol. The molecule has 2 N–H and O–H groups in total. The van der Waals surface area contributed by atoms with Gasteiger partial charge in [0, 0.05) is 0 Å². The van der Waals surface area contributed by atoms with Crippen LogP contribution in [0.4, 0.5) is 4.79 Å². The normalized spacial score (nSPS) is 20.3. The van der Waals surface area contributed by atoms with Crippen LogP contribution < -0.4 is 5.43 Å². The molecule has 0 atom stereocenters. The topological polar surface area (TPSA) is 70.9 Å². The lowest BCUT2D eigenvalue weighted by molar-refractivity contribution is 0.0697. The van der Waals surface area contributed by atoms with Gasteiger partial charge in [-0.25, -0.2) is 10.2 Å². The second kappa shape index (κ2) is 5.84. The molecule has 1 aliphatic rings. The van der Waals surface area contributed by atoms with Crippen molar-refractivity contribution in [3.05, 3.63) is 0 Å². The molecule has 0 bridgehead atoms. The van der Waals surface area contributed by atoms with Crippen molar-refractivity contribution in [1.82, 2.24) is 5.43 Å². The van der Waals surface area contributed by atoms with E-state index in [9.17, 15) is 9.90 Å². The number of hydrogen-bond acceptors (Lipinski definition) is 4. The van der Waals surface area contributed by atoms with Crippen LogP contribution in [-0.4, -0.2) is 29.1 Å². The molecule has 1 aliphatic carbocycles. The Bertz CT molecular complexity index is 270. The maximum absolute atomic E-state index is 11.0. The summed E-state index contributed by atoms with van der Waals surface area (Å²) in [4.78, 5) is 11.0. The molecular formula is C11H20N2O3. The summed E-state index contributed by atoms with van der Waals surface area (Å²) in [5.41, 5.74) is 1.98. The van der Waals surface area contributed by atoms with Gasteiger partial charge in [-0.1, -0.05) is 19.3 Å². The van der Waals surface area contributed by atoms with E-state index in [1.165, 1.54) is 0 Å². The van der Waals surface area contributed by atoms with E-state index in [1.807, 2.05) is 0 Å². The average Bonchev–Trinajstić information content (AvgIpc) is 2.27. The maximum atomic E-state index is 11.0. The second-order valence-corrected chi connectivity index (χ2v) is 4.12. The van der Waals surface area contributed by atoms with Crippen molar-refractivity contribution in [2.75, 3.05) is 6.61 Å². The summed E-state index contributed by atoms with van der Waals surface area (Å²) in [5, 5.41) is 14.1. The third kappa shape index (κ3) is 3.48. The number of hydrazone groups is 1. The average molecular weight is 228 g/mol. The minimum Gasteiger partial charge on any atom is -0.449 e. The maximum Gasteiger partial charge on any atom is 0.427 e. The Morgan fingerprint density at radius 2 is 2.06 bits per heavy atom. The zero-order valence-electron chi connectivity index (χ0n) is 9.95. The van der Waals surface area contributed by atoms with Crippen molar-refractivity contribution in [3.8, 4) is 0 Å². The van der Waals surface area contributed by atoms with Gasteiger partial charge in [-0.3, -0.25) is 0 Å². The van der Waals surface area contributed by atoms with Gasteiger partial charge in [-0.2, -0.15) is 5.10 Å². The first-order valence-corrected chi connectivity index (χ1v) is 5.78. The fourth-order valence-electron chi connectivity index (χ4n) is 1.90. The van der Waals surface area contributed by atoms with Gasteiger partial charge in [0.25, 0.3) is 0 Å². The number of nitrogens with zero attached hydrogens (tertiary/aromatic N) is 1. The van der Waals surface area contributed by atoms with Crippen LogP contribution in [0.2, 0.25) is 0 Å². The largest absolute Gasteiger partial charge is 0.449 e. The van der Waals surface area contributed by atoms with E-state index in [4.69, 9.17) is 0 Å². The summed E-state index contributed by atoms with van der Waals surface area (Å²) in [6.45, 7) is 3.77. The van der Waals surface area contributed by atoms with Crippen LogP contribution in [0.3, 0.4) is 0 Å². The van der Waals surface area contributed by atoms with Crippen molar-refractivity contribution in [3.63, 3.8) is 0 Å². The lowest BCUT2D eigenvalue weighted by Crippen LogP contribution is -2.40. The van der Waals surface area contributed by atoms with E-state index >= 15 is 0 Å². The van der Waals surface area contributed by atoms with Gasteiger partial charge in [-0.05, 0) is 26.7 Å². The summed E-state index contributed by atoms with van der Waals surface area (Å²) < 4.78 is 4.67. The van der Waals surface area contributed by atoms with Gasteiger partial charge in [0.05, 0.1) is 12.3 Å². The molecule has 0 unspecified atom stereocenters. The van der Waals surface area contributed by atoms with Crippen molar-refractivity contribution >= 4 is 11.8 Å². The zero-order chi connectivity index (χ0) is 12.0. The highest BCUT2D eigenvalue weighted by atomic mass is 16.5. The number of carbonyl (C=O) groups is 1. The first kappa shape index (κ1) is 13.0. The molecule has 1 amide bonds. The van der Waals surface area contributed by atoms with Gasteiger partial charge < -0.3 is 9.84 Å². The van der Waals surface area contributed by atoms with E-state index in [0.29, 0.717) is 25.2 Å². The monoisotopic (exact) mass is 228 g/mol. The van der Waals surface area contributed by atoms with Crippen molar-refractivity contribution in [1.29, 1.82) is 0 Å². The predicted octanol–water partition coefficient (Wildman–Crippen LogP) is 1.80. The predicted molar refractivity (Wildman–Crippen MR) is 61.3 cm³/mol. The third-order valence-electron chi connectivity index (χ3n) is 2.94. The number of ether oxygens (including phenoxy) is 1. The molecule has 0 heterocycles. The number of aliphatic hydroxyl groups is 1. The van der Waals surface area contributed by atoms with E-state index in [2.05, 4.69) is 15.3 Å². The highest BCUT2D eigenvalue weighted by Gasteiger charge is 2.32. The molecule has 0 aromatic rings. The van der Waals surface area contributed by atoms with Crippen molar-refractivity contribution in [2.45, 2.75) is 51.6 Å². The van der Waals surface area contributed by atoms with Crippen molar-refractivity contribution < 1.29 is 14.6 Å². The summed E-state index contributed by atoms with van der Waals surface area (Å²) in [6.07, 6.45) is 4.01. The van der Waals surface area contributed by atoms with Crippen LogP contribution in [0.5, 0.6) is 0 Å². The van der Waals surface area contributed by atoms with Gasteiger partial charge >= 0.3 is 6.09 Å². The molecule has 0 radical (unpaired) electrons. The Hall–Kier alpha value is -1.10. The first-order chi connectivity index (χ1) is 7.58. The Labute approximate surface area is 95.9 Å². The Morgan fingerprint density at radius 1 is 1.44 bits per heavy atom. The molecule has 0 aromatic heterocycles. The lowest BCUT2D eigenvalue weighted by atomic mass is 9.82. The van der Waals surface area contributed by atoms with Crippen molar-refractivity contribution in [2.24, 2.45) is 5.10 Å². The van der Waals surface area contributed by atoms with E-state index in [0.717, 1.165) is 19.3 Å². The fourth-order valence-corrected chi connectivity index (χ4v) is 1.90. The molecule has 1 rings (SSSR count). The SMILES string of the molecule is CCOC(=O)N/N=C(/C)C1(O)CCCCC1. The quantitative estimate of drug-likeness (QED) is 0.571. The van der Waals surface area contributed by atoms with E-state index < -0.39 is 11.7 Å². The molecule has 0 aliphatic heterocycles. The summed E-state index contributed by atoms with van der Waals surface area (Å²) >= 11 is 0. The Morgan fingerprint density at radius 3 is 2.62 bits per heavy atom. The minimum absolute atomic E-state index is 0.310. The van der Waals surface area contributed by atoms with E-state index in [-0.39, 0.29) is 0 Å². The molecule has 0 spiro atoms. The summed E-state index contributed by atoms with van der Waals surface area (Å²) in [5.74, 6) is 0. The fraction of sp³-hybridized carbons (Fsp3) is 0.818. The molecule has 16 heavy (non-hydrogen) atoms. The number of nitrogens with one attached hydrogen (secondary N) is 1. The molecule has 5 heteroatoms. The van der Waals surface area contributed by atoms with Crippen LogP contribution in [0.25, 0.3) is 0 Å². The number of hydrogen-bond donors (Lipinski definition) is 2. The number of amides is 1. The minimum atomic E-state index is -0.849. The smallest absolute Gasteiger partial charge is 0.427 e. The van der Waals surface area contributed by atoms with Crippen LogP contribution >= 0.6 is 0 Å². The van der Waals surface area contributed by atoms with E-state index in [1.54, 1.807) is 13.8 Å². The molecule has 1 saturated carbocycles. The molecule has 1 fully saturated rings. The van der Waals surface area contributed by atoms with Gasteiger partial charge in [-0.15, -0.1) is 0 Å². The van der Waals surface area contributed by atoms with Crippen LogP contribution in [-0.2, 0) is 4.74 Å². The van der Waals surface area contributed by atoms with Gasteiger partial charge in [0.15, 0.2) is 0 Å². The van der Waals surface area contributed by atoms with Crippen LogP contribution in [0, 0.1) is 0 Å². The molecule has 92 valence electrons. The van der Waals surface area contributed by atoms with Crippen LogP contribution in [0.1, 0.15) is 46.0 Å². The molecule has 0 aromatic carbocycles. The highest BCUT2D eigenvalue weighted by Crippen LogP contribution is 2.29. The number of carbonyl (C=O) groups excluding carboxylic acids is 1. The Balaban J connectivity index is 2.51. The summed E-state index contributed by atoms with van der Waals surface area (Å²) in [6, 6.07) is 0. The summed E-state index contributed by atoms with van der Waals surface area (Å²) in [7, 11) is 0. The third-order valence-corrected chi connectivity index (χ3v) is 2.94.